The molecular weight excluding hydrogens is 1140 g/mol. The highest BCUT2D eigenvalue weighted by atomic mass is 19.2. The molecule has 2 amide bonds. The standard InChI is InChI=1S/C63H82F3N7O14/c1-3-18-73(63(76)52-43-50-13-14-51(44-55(50)72-56(68)45-52)62(75)71-53-11-5-4-6-12-53)19-8-16-69-57(42-48-9-7-10-49(41-48)46-67)70-17-21-78-23-25-80-27-29-82-31-33-84-35-37-86-39-38-85-36-34-83-32-30-81-28-26-79-24-22-77-20-15-58(74)87-61-59(65)47(2)40-54(64)60(61)66/h4-7,9-14,40-41,43-44H,3,8,15-39,42,45H2,1-2H3,(H2,68,72)(H,69,70)(H,71,75). The summed E-state index contributed by atoms with van der Waals surface area (Å²) in [6.07, 6.45) is 3.57. The first-order valence-electron chi connectivity index (χ1n) is 29.2. The first-order valence-corrected chi connectivity index (χ1v) is 29.2. The van der Waals surface area contributed by atoms with Gasteiger partial charge in [-0.15, -0.1) is 0 Å². The Kier molecular flexibility index (Phi) is 34.6. The molecule has 0 unspecified atom stereocenters. The minimum absolute atomic E-state index is 0.0713. The van der Waals surface area contributed by atoms with Crippen LogP contribution in [0.1, 0.15) is 65.2 Å². The van der Waals surface area contributed by atoms with Crippen LogP contribution in [-0.4, -0.2) is 193 Å². The maximum absolute atomic E-state index is 14.0. The zero-order chi connectivity index (χ0) is 62.1. The van der Waals surface area contributed by atoms with Gasteiger partial charge in [0.05, 0.1) is 156 Å². The minimum Gasteiger partial charge on any atom is -0.420 e. The number of rotatable bonds is 45. The summed E-state index contributed by atoms with van der Waals surface area (Å²) in [5.74, 6) is -5.41. The molecule has 0 radical (unpaired) electrons. The number of aryl methyl sites for hydroxylation is 1. The van der Waals surface area contributed by atoms with Gasteiger partial charge in [0.1, 0.15) is 11.7 Å². The number of nitrogens with two attached hydrogens (primary N) is 1. The Hall–Kier alpha value is -7.15. The lowest BCUT2D eigenvalue weighted by Gasteiger charge is -2.23. The molecule has 0 atom stereocenters. The van der Waals surface area contributed by atoms with Crippen LogP contribution in [0.15, 0.2) is 94.4 Å². The van der Waals surface area contributed by atoms with Crippen molar-refractivity contribution in [3.8, 4) is 11.8 Å². The highest BCUT2D eigenvalue weighted by Crippen LogP contribution is 2.30. The van der Waals surface area contributed by atoms with E-state index < -0.39 is 29.2 Å². The molecule has 4 N–H and O–H groups in total. The number of amides is 2. The van der Waals surface area contributed by atoms with Gasteiger partial charge in [0.25, 0.3) is 5.91 Å². The number of aliphatic imine (C=N–C) groups is 2. The molecule has 21 nitrogen and oxygen atoms in total. The normalized spacial score (nSPS) is 12.2. The third kappa shape index (κ3) is 28.5. The zero-order valence-electron chi connectivity index (χ0n) is 49.8. The number of ether oxygens (including phenoxy) is 11. The van der Waals surface area contributed by atoms with Crippen molar-refractivity contribution in [2.24, 2.45) is 15.7 Å². The Balaban J connectivity index is 0.817. The molecular formula is C63H82F3N7O14. The van der Waals surface area contributed by atoms with Crippen LogP contribution in [0.2, 0.25) is 0 Å². The lowest BCUT2D eigenvalue weighted by atomic mass is 10.0. The number of carbonyl (C=O) groups excluding carboxylic acids is 3. The Morgan fingerprint density at radius 2 is 1.24 bits per heavy atom. The van der Waals surface area contributed by atoms with Gasteiger partial charge in [0.2, 0.25) is 17.5 Å². The van der Waals surface area contributed by atoms with Crippen molar-refractivity contribution in [1.29, 1.82) is 5.26 Å². The number of para-hydroxylation sites is 1. The quantitative estimate of drug-likeness (QED) is 0.00977. The van der Waals surface area contributed by atoms with Crippen LogP contribution in [0.3, 0.4) is 0 Å². The van der Waals surface area contributed by atoms with Gasteiger partial charge in [-0.1, -0.05) is 43.3 Å². The maximum atomic E-state index is 14.0. The topological polar surface area (TPSA) is 255 Å². The molecule has 0 saturated carbocycles. The lowest BCUT2D eigenvalue weighted by molar-refractivity contribution is -0.136. The van der Waals surface area contributed by atoms with E-state index in [0.717, 1.165) is 17.8 Å². The van der Waals surface area contributed by atoms with Gasteiger partial charge in [-0.25, -0.2) is 13.8 Å². The van der Waals surface area contributed by atoms with Crippen molar-refractivity contribution < 1.29 is 79.7 Å². The van der Waals surface area contributed by atoms with Gasteiger partial charge in [0.15, 0.2) is 11.6 Å². The van der Waals surface area contributed by atoms with Crippen LogP contribution in [0, 0.1) is 35.7 Å². The number of nitrogens with zero attached hydrogens (tertiary/aromatic N) is 4. The average molecular weight is 1220 g/mol. The number of amidine groups is 2. The maximum Gasteiger partial charge on any atom is 0.313 e. The van der Waals surface area contributed by atoms with Crippen molar-refractivity contribution in [2.45, 2.75) is 46.0 Å². The summed E-state index contributed by atoms with van der Waals surface area (Å²) in [6.45, 7) is 12.4. The van der Waals surface area contributed by atoms with Gasteiger partial charge in [0, 0.05) is 61.4 Å². The Morgan fingerprint density at radius 1 is 0.678 bits per heavy atom. The fourth-order valence-corrected chi connectivity index (χ4v) is 8.24. The summed E-state index contributed by atoms with van der Waals surface area (Å²) in [5.41, 5.74) is 10.5. The van der Waals surface area contributed by atoms with Crippen molar-refractivity contribution in [3.05, 3.63) is 130 Å². The van der Waals surface area contributed by atoms with E-state index in [-0.39, 0.29) is 55.9 Å². The fraction of sp³-hybridized carbons (Fsp3) is 0.492. The summed E-state index contributed by atoms with van der Waals surface area (Å²) in [7, 11) is 0. The Labute approximate surface area is 507 Å². The summed E-state index contributed by atoms with van der Waals surface area (Å²) >= 11 is 0. The smallest absolute Gasteiger partial charge is 0.313 e. The predicted molar refractivity (Wildman–Crippen MR) is 321 cm³/mol. The van der Waals surface area contributed by atoms with Crippen LogP contribution in [0.5, 0.6) is 5.75 Å². The number of hydrogen-bond acceptors (Lipinski definition) is 18. The third-order valence-electron chi connectivity index (χ3n) is 12.5. The highest BCUT2D eigenvalue weighted by Gasteiger charge is 2.23. The molecule has 474 valence electrons. The van der Waals surface area contributed by atoms with Crippen molar-refractivity contribution in [1.82, 2.24) is 10.2 Å². The van der Waals surface area contributed by atoms with Crippen molar-refractivity contribution >= 4 is 46.9 Å². The number of benzene rings is 4. The molecule has 0 aromatic heterocycles. The number of carbonyl (C=O) groups is 3. The largest absolute Gasteiger partial charge is 0.420 e. The highest BCUT2D eigenvalue weighted by molar-refractivity contribution is 6.08. The Bertz CT molecular complexity index is 2820. The molecule has 24 heteroatoms. The number of nitrogens with one attached hydrogen (secondary N) is 2. The number of esters is 1. The second-order valence-electron chi connectivity index (χ2n) is 19.4. The van der Waals surface area contributed by atoms with Crippen LogP contribution < -0.4 is 21.1 Å². The molecule has 0 fully saturated rings. The molecule has 0 saturated heterocycles. The molecule has 4 aromatic carbocycles. The number of fused-ring (bicyclic) bond motifs is 1. The predicted octanol–water partition coefficient (Wildman–Crippen LogP) is 7.33. The molecule has 0 spiro atoms. The van der Waals surface area contributed by atoms with E-state index in [4.69, 9.17) is 58.1 Å². The van der Waals surface area contributed by atoms with Crippen molar-refractivity contribution in [2.75, 3.05) is 164 Å². The Morgan fingerprint density at radius 3 is 1.80 bits per heavy atom. The molecule has 1 heterocycles. The van der Waals surface area contributed by atoms with E-state index in [2.05, 4.69) is 26.4 Å². The summed E-state index contributed by atoms with van der Waals surface area (Å²) in [4.78, 5) is 50.2. The van der Waals surface area contributed by atoms with E-state index in [1.807, 2.05) is 66.4 Å². The lowest BCUT2D eigenvalue weighted by Crippen LogP contribution is -2.35. The molecule has 0 bridgehead atoms. The number of halogens is 3. The first-order chi connectivity index (χ1) is 42.4. The molecule has 1 aliphatic heterocycles. The van der Waals surface area contributed by atoms with Gasteiger partial charge >= 0.3 is 5.97 Å². The SMILES string of the molecule is CCCN(CCCN=C(Cc1cccc(C#N)c1)NCCOCCOCCOCCOCCOCCOCCOCCOCCOCCOCCC(=O)Oc1c(F)c(C)cc(F)c1F)C(=O)C1=Cc2ccc(C(=O)Nc3ccccc3)cc2N=C(N)C1. The van der Waals surface area contributed by atoms with Crippen molar-refractivity contribution in [3.63, 3.8) is 0 Å². The van der Waals surface area contributed by atoms with Gasteiger partial charge in [-0.3, -0.25) is 19.4 Å². The van der Waals surface area contributed by atoms with E-state index in [1.165, 1.54) is 6.92 Å². The van der Waals surface area contributed by atoms with E-state index in [0.29, 0.717) is 191 Å². The summed E-state index contributed by atoms with van der Waals surface area (Å²) in [6, 6.07) is 24.7. The van der Waals surface area contributed by atoms with Crippen LogP contribution in [0.4, 0.5) is 24.5 Å². The summed E-state index contributed by atoms with van der Waals surface area (Å²) in [5, 5.41) is 15.8. The number of hydrogen-bond donors (Lipinski definition) is 3. The summed E-state index contributed by atoms with van der Waals surface area (Å²) < 4.78 is 101. The zero-order valence-corrected chi connectivity index (χ0v) is 49.8. The van der Waals surface area contributed by atoms with Gasteiger partial charge < -0.3 is 73.4 Å². The third-order valence-corrected chi connectivity index (χ3v) is 12.5. The van der Waals surface area contributed by atoms with Crippen LogP contribution in [0.25, 0.3) is 6.08 Å². The fourth-order valence-electron chi connectivity index (χ4n) is 8.24. The molecule has 0 aliphatic carbocycles. The molecule has 87 heavy (non-hydrogen) atoms. The molecule has 5 rings (SSSR count). The number of anilines is 1. The second-order valence-corrected chi connectivity index (χ2v) is 19.4. The molecule has 1 aliphatic rings. The number of nitriles is 1. The minimum atomic E-state index is -1.56. The van der Waals surface area contributed by atoms with Gasteiger partial charge in [-0.05, 0) is 79.4 Å². The van der Waals surface area contributed by atoms with Crippen LogP contribution in [-0.2, 0) is 63.4 Å². The van der Waals surface area contributed by atoms with E-state index in [1.54, 1.807) is 24.3 Å². The van der Waals surface area contributed by atoms with Gasteiger partial charge in [-0.2, -0.15) is 9.65 Å². The second kappa shape index (κ2) is 42.7. The first kappa shape index (κ1) is 70.6. The molecule has 4 aromatic rings. The average Bonchev–Trinajstić information content (AvgIpc) is 2.96. The van der Waals surface area contributed by atoms with Crippen LogP contribution >= 0.6 is 0 Å². The van der Waals surface area contributed by atoms with E-state index >= 15 is 0 Å². The van der Waals surface area contributed by atoms with E-state index in [9.17, 15) is 32.8 Å². The monoisotopic (exact) mass is 1220 g/mol.